The lowest BCUT2D eigenvalue weighted by Gasteiger charge is -2.31. The molecule has 23 heavy (non-hydrogen) atoms. The summed E-state index contributed by atoms with van der Waals surface area (Å²) in [5.41, 5.74) is 0.997. The van der Waals surface area contributed by atoms with Gasteiger partial charge in [0, 0.05) is 24.3 Å². The van der Waals surface area contributed by atoms with Crippen LogP contribution < -0.4 is 0 Å². The fourth-order valence-corrected chi connectivity index (χ4v) is 3.52. The summed E-state index contributed by atoms with van der Waals surface area (Å²) in [6, 6.07) is 12.4. The van der Waals surface area contributed by atoms with Gasteiger partial charge in [0.1, 0.15) is 11.3 Å². The number of rotatable bonds is 5. The Morgan fingerprint density at radius 2 is 2.00 bits per heavy atom. The summed E-state index contributed by atoms with van der Waals surface area (Å²) in [7, 11) is 0. The minimum Gasteiger partial charge on any atom is -0.460 e. The summed E-state index contributed by atoms with van der Waals surface area (Å²) in [6.07, 6.45) is 7.70. The van der Waals surface area contributed by atoms with Gasteiger partial charge in [0.2, 0.25) is 0 Å². The van der Waals surface area contributed by atoms with E-state index in [9.17, 15) is 0 Å². The average Bonchev–Trinajstić information content (AvgIpc) is 3.23. The molecule has 2 aromatic heterocycles. The molecule has 1 aliphatic rings. The monoisotopic (exact) mass is 309 g/mol. The van der Waals surface area contributed by atoms with Crippen LogP contribution in [0.4, 0.5) is 0 Å². The minimum absolute atomic E-state index is 0.825. The molecule has 3 aromatic rings. The molecular weight excluding hydrogens is 286 g/mol. The third-order valence-electron chi connectivity index (χ3n) is 4.89. The molecule has 4 heteroatoms. The summed E-state index contributed by atoms with van der Waals surface area (Å²) in [5, 5.41) is 5.49. The average molecular weight is 309 g/mol. The molecule has 3 heterocycles. The van der Waals surface area contributed by atoms with Crippen molar-refractivity contribution in [2.24, 2.45) is 5.92 Å². The first-order chi connectivity index (χ1) is 11.4. The van der Waals surface area contributed by atoms with Gasteiger partial charge in [-0.3, -0.25) is 9.58 Å². The molecule has 0 N–H and O–H groups in total. The van der Waals surface area contributed by atoms with Gasteiger partial charge in [0.05, 0.1) is 6.54 Å². The van der Waals surface area contributed by atoms with E-state index in [2.05, 4.69) is 34.4 Å². The van der Waals surface area contributed by atoms with E-state index in [4.69, 9.17) is 4.42 Å². The zero-order valence-electron chi connectivity index (χ0n) is 13.4. The topological polar surface area (TPSA) is 34.2 Å². The van der Waals surface area contributed by atoms with Crippen molar-refractivity contribution in [3.05, 3.63) is 54.6 Å². The molecule has 0 amide bonds. The predicted octanol–water partition coefficient (Wildman–Crippen LogP) is 3.93. The standard InChI is InChI=1S/C19H23N3O/c1-2-5-19-17(4-1)14-18(23-19)15-21-11-6-16(7-12-21)8-13-22-10-3-9-20-22/h1-5,9-10,14,16H,6-8,11-13,15H2. The van der Waals surface area contributed by atoms with Crippen molar-refractivity contribution in [1.29, 1.82) is 0 Å². The summed E-state index contributed by atoms with van der Waals surface area (Å²) in [4.78, 5) is 2.52. The van der Waals surface area contributed by atoms with Gasteiger partial charge in [-0.25, -0.2) is 0 Å². The fourth-order valence-electron chi connectivity index (χ4n) is 3.52. The van der Waals surface area contributed by atoms with Gasteiger partial charge in [-0.1, -0.05) is 18.2 Å². The van der Waals surface area contributed by atoms with Gasteiger partial charge in [0.25, 0.3) is 0 Å². The van der Waals surface area contributed by atoms with E-state index in [1.54, 1.807) is 0 Å². The number of piperidine rings is 1. The van der Waals surface area contributed by atoms with Crippen molar-refractivity contribution in [3.8, 4) is 0 Å². The van der Waals surface area contributed by atoms with Crippen LogP contribution in [0.15, 0.2) is 53.2 Å². The highest BCUT2D eigenvalue weighted by Gasteiger charge is 2.20. The zero-order chi connectivity index (χ0) is 15.5. The Balaban J connectivity index is 1.27. The number of nitrogens with zero attached hydrogens (tertiary/aromatic N) is 3. The molecule has 0 unspecified atom stereocenters. The van der Waals surface area contributed by atoms with Crippen molar-refractivity contribution in [1.82, 2.24) is 14.7 Å². The maximum atomic E-state index is 5.94. The highest BCUT2D eigenvalue weighted by molar-refractivity contribution is 5.77. The van der Waals surface area contributed by atoms with Crippen molar-refractivity contribution in [2.75, 3.05) is 13.1 Å². The first-order valence-electron chi connectivity index (χ1n) is 8.54. The number of para-hydroxylation sites is 1. The van der Waals surface area contributed by atoms with E-state index < -0.39 is 0 Å². The Kier molecular flexibility index (Phi) is 4.16. The van der Waals surface area contributed by atoms with Crippen molar-refractivity contribution < 1.29 is 4.42 Å². The Morgan fingerprint density at radius 3 is 2.78 bits per heavy atom. The van der Waals surface area contributed by atoms with Gasteiger partial charge < -0.3 is 4.42 Å². The summed E-state index contributed by atoms with van der Waals surface area (Å²) in [6.45, 7) is 4.31. The molecule has 1 aliphatic heterocycles. The quantitative estimate of drug-likeness (QED) is 0.716. The maximum absolute atomic E-state index is 5.94. The normalized spacial score (nSPS) is 17.0. The number of furan rings is 1. The smallest absolute Gasteiger partial charge is 0.134 e. The van der Waals surface area contributed by atoms with Gasteiger partial charge in [-0.15, -0.1) is 0 Å². The minimum atomic E-state index is 0.825. The van der Waals surface area contributed by atoms with Crippen LogP contribution in [-0.4, -0.2) is 27.8 Å². The van der Waals surface area contributed by atoms with E-state index in [-0.39, 0.29) is 0 Å². The molecule has 4 nitrogen and oxygen atoms in total. The third kappa shape index (κ3) is 3.48. The molecule has 0 atom stereocenters. The number of aryl methyl sites for hydroxylation is 1. The SMILES string of the molecule is c1ccc2oc(CN3CCC(CCn4cccn4)CC3)cc2c1. The molecule has 0 spiro atoms. The van der Waals surface area contributed by atoms with Crippen molar-refractivity contribution in [2.45, 2.75) is 32.4 Å². The number of hydrogen-bond donors (Lipinski definition) is 0. The molecular formula is C19H23N3O. The Labute approximate surface area is 136 Å². The van der Waals surface area contributed by atoms with Crippen molar-refractivity contribution >= 4 is 11.0 Å². The van der Waals surface area contributed by atoms with Gasteiger partial charge >= 0.3 is 0 Å². The lowest BCUT2D eigenvalue weighted by atomic mass is 9.93. The third-order valence-corrected chi connectivity index (χ3v) is 4.89. The first kappa shape index (κ1) is 14.5. The highest BCUT2D eigenvalue weighted by Crippen LogP contribution is 2.24. The molecule has 4 rings (SSSR count). The van der Waals surface area contributed by atoms with E-state index in [1.807, 2.05) is 29.1 Å². The second kappa shape index (κ2) is 6.59. The van der Waals surface area contributed by atoms with E-state index in [1.165, 1.54) is 37.7 Å². The molecule has 1 fully saturated rings. The van der Waals surface area contributed by atoms with Crippen LogP contribution in [0.3, 0.4) is 0 Å². The van der Waals surface area contributed by atoms with Gasteiger partial charge in [0.15, 0.2) is 0 Å². The Morgan fingerprint density at radius 1 is 1.13 bits per heavy atom. The molecule has 1 saturated heterocycles. The Hall–Kier alpha value is -2.07. The summed E-state index contributed by atoms with van der Waals surface area (Å²) >= 11 is 0. The van der Waals surface area contributed by atoms with Crippen LogP contribution in [0.25, 0.3) is 11.0 Å². The molecule has 0 saturated carbocycles. The van der Waals surface area contributed by atoms with E-state index in [0.29, 0.717) is 0 Å². The number of benzene rings is 1. The second-order valence-electron chi connectivity index (χ2n) is 6.53. The number of fused-ring (bicyclic) bond motifs is 1. The lowest BCUT2D eigenvalue weighted by molar-refractivity contribution is 0.160. The second-order valence-corrected chi connectivity index (χ2v) is 6.53. The molecule has 0 radical (unpaired) electrons. The zero-order valence-corrected chi connectivity index (χ0v) is 13.4. The van der Waals surface area contributed by atoms with Gasteiger partial charge in [-0.05, 0) is 56.5 Å². The van der Waals surface area contributed by atoms with Gasteiger partial charge in [-0.2, -0.15) is 5.10 Å². The van der Waals surface area contributed by atoms with Crippen LogP contribution in [0.5, 0.6) is 0 Å². The summed E-state index contributed by atoms with van der Waals surface area (Å²) in [5.74, 6) is 1.91. The Bertz CT molecular complexity index is 706. The fraction of sp³-hybridized carbons (Fsp3) is 0.421. The molecule has 0 aliphatic carbocycles. The number of hydrogen-bond acceptors (Lipinski definition) is 3. The molecule has 1 aromatic carbocycles. The van der Waals surface area contributed by atoms with Crippen molar-refractivity contribution in [3.63, 3.8) is 0 Å². The maximum Gasteiger partial charge on any atom is 0.134 e. The first-order valence-corrected chi connectivity index (χ1v) is 8.54. The van der Waals surface area contributed by atoms with E-state index >= 15 is 0 Å². The van der Waals surface area contributed by atoms with Crippen LogP contribution in [0.2, 0.25) is 0 Å². The predicted molar refractivity (Wildman–Crippen MR) is 91.1 cm³/mol. The molecule has 0 bridgehead atoms. The number of likely N-dealkylation sites (tertiary alicyclic amines) is 1. The van der Waals surface area contributed by atoms with E-state index in [0.717, 1.165) is 30.4 Å². The van der Waals surface area contributed by atoms with Crippen LogP contribution >= 0.6 is 0 Å². The number of aromatic nitrogens is 2. The lowest BCUT2D eigenvalue weighted by Crippen LogP contribution is -2.33. The highest BCUT2D eigenvalue weighted by atomic mass is 16.3. The van der Waals surface area contributed by atoms with Crippen LogP contribution in [0.1, 0.15) is 25.0 Å². The van der Waals surface area contributed by atoms with Crippen LogP contribution in [0, 0.1) is 5.92 Å². The largest absolute Gasteiger partial charge is 0.460 e. The van der Waals surface area contributed by atoms with Crippen LogP contribution in [-0.2, 0) is 13.1 Å². The molecule has 120 valence electrons. The summed E-state index contributed by atoms with van der Waals surface area (Å²) < 4.78 is 7.98.